The van der Waals surface area contributed by atoms with E-state index in [9.17, 15) is 4.79 Å². The molecule has 0 aliphatic rings. The largest absolute Gasteiger partial charge is 0.518 e. The molecule has 1 heterocycles. The van der Waals surface area contributed by atoms with E-state index in [1.54, 1.807) is 0 Å². The summed E-state index contributed by atoms with van der Waals surface area (Å²) in [4.78, 5) is 10.8. The van der Waals surface area contributed by atoms with Gasteiger partial charge < -0.3 is 13.6 Å². The van der Waals surface area contributed by atoms with Gasteiger partial charge in [0.15, 0.2) is 0 Å². The van der Waals surface area contributed by atoms with Gasteiger partial charge >= 0.3 is 5.82 Å². The van der Waals surface area contributed by atoms with Crippen LogP contribution in [0, 0.1) is 5.41 Å². The minimum atomic E-state index is -0.590. The smallest absolute Gasteiger partial charge is 0.399 e. The lowest BCUT2D eigenvalue weighted by atomic mass is 9.89. The molecule has 0 aromatic carbocycles. The maximum absolute atomic E-state index is 10.8. The zero-order chi connectivity index (χ0) is 25.1. The highest BCUT2D eigenvalue weighted by Crippen LogP contribution is 2.23. The van der Waals surface area contributed by atoms with Crippen molar-refractivity contribution in [1.29, 1.82) is 0 Å². The minimum absolute atomic E-state index is 0.0288. The van der Waals surface area contributed by atoms with E-state index in [1.807, 2.05) is 0 Å². The fourth-order valence-corrected chi connectivity index (χ4v) is 4.53. The van der Waals surface area contributed by atoms with Crippen LogP contribution in [-0.2, 0) is 11.2 Å². The molecule has 0 amide bonds. The summed E-state index contributed by atoms with van der Waals surface area (Å²) in [6, 6.07) is 0. The summed E-state index contributed by atoms with van der Waals surface area (Å²) < 4.78 is 15.8. The Morgan fingerprint density at radius 3 is 1.62 bits per heavy atom. The Morgan fingerprint density at radius 2 is 1.12 bits per heavy atom. The van der Waals surface area contributed by atoms with E-state index in [0.717, 1.165) is 19.4 Å². The van der Waals surface area contributed by atoms with Crippen molar-refractivity contribution < 1.29 is 13.6 Å². The van der Waals surface area contributed by atoms with E-state index >= 15 is 0 Å². The number of rotatable bonds is 22. The summed E-state index contributed by atoms with van der Waals surface area (Å²) in [6.07, 6.45) is 25.7. The molecule has 0 aliphatic heterocycles. The molecule has 4 heteroatoms. The van der Waals surface area contributed by atoms with E-state index in [4.69, 9.17) is 9.15 Å². The van der Waals surface area contributed by atoms with Gasteiger partial charge in [-0.3, -0.25) is 0 Å². The van der Waals surface area contributed by atoms with Crippen molar-refractivity contribution in [3.8, 4) is 0 Å². The zero-order valence-corrected chi connectivity index (χ0v) is 23.4. The van der Waals surface area contributed by atoms with Crippen molar-refractivity contribution in [2.75, 3.05) is 6.61 Å². The fourth-order valence-electron chi connectivity index (χ4n) is 4.53. The first-order valence-electron chi connectivity index (χ1n) is 14.4. The monoisotopic (exact) mass is 480 g/mol. The van der Waals surface area contributed by atoms with Crippen LogP contribution in [0.4, 0.5) is 0 Å². The van der Waals surface area contributed by atoms with E-state index < -0.39 is 5.82 Å². The van der Waals surface area contributed by atoms with Crippen molar-refractivity contribution in [2.45, 2.75) is 162 Å². The standard InChI is InChI=1S/C30H56O4/c1-29(2,3)23-19-15-11-9-13-17-21-25-33-30(4,5)24-20-16-12-8-6-7-10-14-18-22-27-26-32-28(31)34-27/h26H,6-25H2,1-5H3. The molecule has 0 N–H and O–H groups in total. The summed E-state index contributed by atoms with van der Waals surface area (Å²) in [5.74, 6) is 0.0857. The average Bonchev–Trinajstić information content (AvgIpc) is 3.17. The van der Waals surface area contributed by atoms with Gasteiger partial charge in [0, 0.05) is 13.0 Å². The van der Waals surface area contributed by atoms with Gasteiger partial charge in [-0.05, 0) is 44.9 Å². The normalized spacial score (nSPS) is 12.5. The van der Waals surface area contributed by atoms with Gasteiger partial charge in [-0.2, -0.15) is 0 Å². The van der Waals surface area contributed by atoms with Crippen LogP contribution >= 0.6 is 0 Å². The Morgan fingerprint density at radius 1 is 0.647 bits per heavy atom. The lowest BCUT2D eigenvalue weighted by Gasteiger charge is -2.25. The van der Waals surface area contributed by atoms with E-state index in [2.05, 4.69) is 39.0 Å². The molecule has 34 heavy (non-hydrogen) atoms. The molecule has 1 aromatic rings. The number of hydrogen-bond acceptors (Lipinski definition) is 4. The second-order valence-electron chi connectivity index (χ2n) is 12.1. The van der Waals surface area contributed by atoms with Crippen molar-refractivity contribution in [1.82, 2.24) is 0 Å². The predicted molar refractivity (Wildman–Crippen MR) is 144 cm³/mol. The fraction of sp³-hybridized carbons (Fsp3) is 0.900. The summed E-state index contributed by atoms with van der Waals surface area (Å²) >= 11 is 0. The third-order valence-corrected chi connectivity index (χ3v) is 6.77. The Labute approximate surface area is 210 Å². The second kappa shape index (κ2) is 18.3. The van der Waals surface area contributed by atoms with Crippen LogP contribution in [0.1, 0.15) is 156 Å². The van der Waals surface area contributed by atoms with Crippen LogP contribution in [0.2, 0.25) is 0 Å². The SMILES string of the molecule is CC(C)(C)CCCCCCCCCOC(C)(C)CCCCCCCCCCCc1coc(=O)o1. The molecule has 0 aliphatic carbocycles. The second-order valence-corrected chi connectivity index (χ2v) is 12.1. The van der Waals surface area contributed by atoms with Gasteiger partial charge in [0.05, 0.1) is 5.60 Å². The average molecular weight is 481 g/mol. The molecule has 0 saturated heterocycles. The van der Waals surface area contributed by atoms with Crippen molar-refractivity contribution >= 4 is 0 Å². The molecule has 1 rings (SSSR count). The van der Waals surface area contributed by atoms with Gasteiger partial charge in [0.25, 0.3) is 0 Å². The first-order chi connectivity index (χ1) is 16.2. The van der Waals surface area contributed by atoms with Gasteiger partial charge in [-0.15, -0.1) is 0 Å². The molecule has 0 saturated carbocycles. The topological polar surface area (TPSA) is 52.6 Å². The molecule has 0 atom stereocenters. The molecule has 200 valence electrons. The lowest BCUT2D eigenvalue weighted by molar-refractivity contribution is -0.0266. The maximum Gasteiger partial charge on any atom is 0.518 e. The van der Waals surface area contributed by atoms with Gasteiger partial charge in [-0.25, -0.2) is 4.79 Å². The van der Waals surface area contributed by atoms with Crippen LogP contribution in [0.25, 0.3) is 0 Å². The summed E-state index contributed by atoms with van der Waals surface area (Å²) in [5, 5.41) is 0. The molecule has 4 nitrogen and oxygen atoms in total. The molecular formula is C30H56O4. The van der Waals surface area contributed by atoms with Crippen LogP contribution in [-0.4, -0.2) is 12.2 Å². The summed E-state index contributed by atoms with van der Waals surface area (Å²) in [5.41, 5.74) is 0.525. The van der Waals surface area contributed by atoms with E-state index in [1.165, 1.54) is 115 Å². The third-order valence-electron chi connectivity index (χ3n) is 6.77. The van der Waals surface area contributed by atoms with Gasteiger partial charge in [0.1, 0.15) is 12.0 Å². The van der Waals surface area contributed by atoms with Crippen LogP contribution in [0.3, 0.4) is 0 Å². The number of unbranched alkanes of at least 4 members (excludes halogenated alkanes) is 14. The minimum Gasteiger partial charge on any atom is -0.399 e. The van der Waals surface area contributed by atoms with Crippen molar-refractivity contribution in [2.24, 2.45) is 5.41 Å². The van der Waals surface area contributed by atoms with Crippen molar-refractivity contribution in [3.63, 3.8) is 0 Å². The quantitative estimate of drug-likeness (QED) is 0.155. The molecule has 0 radical (unpaired) electrons. The molecule has 0 bridgehead atoms. The zero-order valence-electron chi connectivity index (χ0n) is 23.4. The highest BCUT2D eigenvalue weighted by atomic mass is 16.6. The van der Waals surface area contributed by atoms with Crippen LogP contribution in [0.15, 0.2) is 19.9 Å². The highest BCUT2D eigenvalue weighted by molar-refractivity contribution is 4.84. The highest BCUT2D eigenvalue weighted by Gasteiger charge is 2.17. The third kappa shape index (κ3) is 19.3. The summed E-state index contributed by atoms with van der Waals surface area (Å²) in [7, 11) is 0. The Bertz CT molecular complexity index is 635. The Balaban J connectivity index is 1.82. The number of ether oxygens (including phenoxy) is 1. The van der Waals surface area contributed by atoms with Gasteiger partial charge in [-0.1, -0.05) is 111 Å². The molecule has 0 fully saturated rings. The molecule has 0 unspecified atom stereocenters. The number of hydrogen-bond donors (Lipinski definition) is 0. The summed E-state index contributed by atoms with van der Waals surface area (Å²) in [6.45, 7) is 12.5. The molecule has 0 spiro atoms. The Kier molecular flexibility index (Phi) is 16.7. The van der Waals surface area contributed by atoms with E-state index in [0.29, 0.717) is 11.2 Å². The molecule has 1 aromatic heterocycles. The van der Waals surface area contributed by atoms with Crippen molar-refractivity contribution in [3.05, 3.63) is 22.6 Å². The molecular weight excluding hydrogens is 424 g/mol. The first-order valence-corrected chi connectivity index (χ1v) is 14.4. The first kappa shape index (κ1) is 31.0. The lowest BCUT2D eigenvalue weighted by Crippen LogP contribution is -2.24. The maximum atomic E-state index is 10.8. The van der Waals surface area contributed by atoms with E-state index in [-0.39, 0.29) is 5.60 Å². The Hall–Kier alpha value is -1.03. The predicted octanol–water partition coefficient (Wildman–Crippen LogP) is 9.64. The number of aryl methyl sites for hydroxylation is 1. The van der Waals surface area contributed by atoms with Crippen LogP contribution in [0.5, 0.6) is 0 Å². The van der Waals surface area contributed by atoms with Crippen LogP contribution < -0.4 is 5.82 Å². The van der Waals surface area contributed by atoms with Gasteiger partial charge in [0.2, 0.25) is 0 Å².